The monoisotopic (exact) mass is 289 g/mol. The first kappa shape index (κ1) is 13.6. The minimum absolute atomic E-state index is 0.0557. The highest BCUT2D eigenvalue weighted by molar-refractivity contribution is 6.30. The van der Waals surface area contributed by atoms with Crippen LogP contribution in [-0.2, 0) is 19.4 Å². The number of nitrogens with zero attached hydrogens (tertiary/aromatic N) is 1. The number of benzene rings is 2. The second kappa shape index (κ2) is 5.94. The molecular formula is C17H17ClFN. The zero-order valence-electron chi connectivity index (χ0n) is 11.3. The number of hydrogen-bond donors (Lipinski definition) is 0. The number of halogens is 2. The third-order valence-corrected chi connectivity index (χ3v) is 4.17. The van der Waals surface area contributed by atoms with Crippen LogP contribution in [-0.4, -0.2) is 18.0 Å². The van der Waals surface area contributed by atoms with Gasteiger partial charge in [-0.25, -0.2) is 4.39 Å². The van der Waals surface area contributed by atoms with Crippen LogP contribution in [0.3, 0.4) is 0 Å². The van der Waals surface area contributed by atoms with Crippen molar-refractivity contribution in [2.45, 2.75) is 19.4 Å². The van der Waals surface area contributed by atoms with Crippen LogP contribution in [0.4, 0.5) is 4.39 Å². The molecule has 0 saturated carbocycles. The van der Waals surface area contributed by atoms with Gasteiger partial charge in [0.15, 0.2) is 0 Å². The molecule has 1 nitrogen and oxygen atoms in total. The first-order chi connectivity index (χ1) is 9.72. The third kappa shape index (κ3) is 3.02. The lowest BCUT2D eigenvalue weighted by Crippen LogP contribution is -2.32. The predicted octanol–water partition coefficient (Wildman–Crippen LogP) is 4.08. The van der Waals surface area contributed by atoms with Crippen LogP contribution in [0, 0.1) is 5.82 Å². The van der Waals surface area contributed by atoms with Gasteiger partial charge in [0, 0.05) is 24.7 Å². The van der Waals surface area contributed by atoms with Crippen LogP contribution >= 0.6 is 11.6 Å². The van der Waals surface area contributed by atoms with Gasteiger partial charge in [-0.15, -0.1) is 0 Å². The molecular weight excluding hydrogens is 273 g/mol. The molecule has 0 aromatic heterocycles. The normalized spacial score (nSPS) is 15.1. The van der Waals surface area contributed by atoms with Gasteiger partial charge in [-0.3, -0.25) is 4.90 Å². The second-order valence-electron chi connectivity index (χ2n) is 5.28. The van der Waals surface area contributed by atoms with Crippen molar-refractivity contribution in [2.75, 3.05) is 13.1 Å². The van der Waals surface area contributed by atoms with Crippen LogP contribution in [0.2, 0.25) is 5.02 Å². The minimum Gasteiger partial charge on any atom is -0.298 e. The Labute approximate surface area is 124 Å². The van der Waals surface area contributed by atoms with Crippen molar-refractivity contribution in [1.82, 2.24) is 4.90 Å². The van der Waals surface area contributed by atoms with Crippen molar-refractivity contribution in [3.8, 4) is 0 Å². The van der Waals surface area contributed by atoms with Crippen LogP contribution in [0.5, 0.6) is 0 Å². The SMILES string of the molecule is Fc1cccc2c1CCN(CCc1ccc(Cl)cc1)C2. The van der Waals surface area contributed by atoms with E-state index >= 15 is 0 Å². The van der Waals surface area contributed by atoms with Crippen molar-refractivity contribution in [3.05, 3.63) is 70.0 Å². The van der Waals surface area contributed by atoms with Gasteiger partial charge in [0.2, 0.25) is 0 Å². The fraction of sp³-hybridized carbons (Fsp3) is 0.294. The van der Waals surface area contributed by atoms with Crippen LogP contribution in [0.25, 0.3) is 0 Å². The standard InChI is InChI=1S/C17H17ClFN/c18-15-6-4-13(5-7-15)8-10-20-11-9-16-14(12-20)2-1-3-17(16)19/h1-7H,8-12H2. The second-order valence-corrected chi connectivity index (χ2v) is 5.72. The molecule has 0 fully saturated rings. The molecule has 0 radical (unpaired) electrons. The van der Waals surface area contributed by atoms with Gasteiger partial charge in [0.05, 0.1) is 0 Å². The van der Waals surface area contributed by atoms with Crippen LogP contribution < -0.4 is 0 Å². The van der Waals surface area contributed by atoms with E-state index in [0.29, 0.717) is 0 Å². The molecule has 0 atom stereocenters. The Morgan fingerprint density at radius 3 is 2.70 bits per heavy atom. The van der Waals surface area contributed by atoms with Crippen LogP contribution in [0.1, 0.15) is 16.7 Å². The van der Waals surface area contributed by atoms with Crippen molar-refractivity contribution >= 4 is 11.6 Å². The van der Waals surface area contributed by atoms with Crippen molar-refractivity contribution in [3.63, 3.8) is 0 Å². The van der Waals surface area contributed by atoms with Gasteiger partial charge in [-0.1, -0.05) is 35.9 Å². The third-order valence-electron chi connectivity index (χ3n) is 3.92. The highest BCUT2D eigenvalue weighted by Crippen LogP contribution is 2.21. The quantitative estimate of drug-likeness (QED) is 0.823. The Bertz CT molecular complexity index is 594. The van der Waals surface area contributed by atoms with E-state index in [1.807, 2.05) is 18.2 Å². The average Bonchev–Trinajstić information content (AvgIpc) is 2.47. The highest BCUT2D eigenvalue weighted by Gasteiger charge is 2.18. The topological polar surface area (TPSA) is 3.24 Å². The first-order valence-electron chi connectivity index (χ1n) is 6.95. The van der Waals surface area contributed by atoms with E-state index in [0.717, 1.165) is 48.6 Å². The summed E-state index contributed by atoms with van der Waals surface area (Å²) in [5.74, 6) is -0.0557. The molecule has 1 heterocycles. The Balaban J connectivity index is 1.62. The smallest absolute Gasteiger partial charge is 0.126 e. The predicted molar refractivity (Wildman–Crippen MR) is 80.5 cm³/mol. The number of hydrogen-bond acceptors (Lipinski definition) is 1. The maximum absolute atomic E-state index is 13.7. The molecule has 0 bridgehead atoms. The summed E-state index contributed by atoms with van der Waals surface area (Å²) in [5.41, 5.74) is 3.32. The molecule has 0 unspecified atom stereocenters. The summed E-state index contributed by atoms with van der Waals surface area (Å²) in [6.45, 7) is 2.78. The van der Waals surface area contributed by atoms with E-state index in [-0.39, 0.29) is 5.82 Å². The molecule has 104 valence electrons. The molecule has 0 spiro atoms. The summed E-state index contributed by atoms with van der Waals surface area (Å²) in [7, 11) is 0. The highest BCUT2D eigenvalue weighted by atomic mass is 35.5. The van der Waals surface area contributed by atoms with E-state index in [1.54, 1.807) is 12.1 Å². The maximum Gasteiger partial charge on any atom is 0.126 e. The van der Waals surface area contributed by atoms with Crippen molar-refractivity contribution < 1.29 is 4.39 Å². The number of rotatable bonds is 3. The van der Waals surface area contributed by atoms with Gasteiger partial charge in [0.25, 0.3) is 0 Å². The molecule has 0 N–H and O–H groups in total. The Morgan fingerprint density at radius 1 is 1.10 bits per heavy atom. The lowest BCUT2D eigenvalue weighted by Gasteiger charge is -2.28. The van der Waals surface area contributed by atoms with Gasteiger partial charge in [0.1, 0.15) is 5.82 Å². The summed E-state index contributed by atoms with van der Waals surface area (Å²) in [4.78, 5) is 2.39. The maximum atomic E-state index is 13.7. The molecule has 3 rings (SSSR count). The summed E-state index contributed by atoms with van der Waals surface area (Å²) >= 11 is 5.89. The van der Waals surface area contributed by atoms with E-state index in [1.165, 1.54) is 5.56 Å². The van der Waals surface area contributed by atoms with E-state index in [2.05, 4.69) is 17.0 Å². The summed E-state index contributed by atoms with van der Waals surface area (Å²) in [5, 5.41) is 0.774. The van der Waals surface area contributed by atoms with Crippen molar-refractivity contribution in [1.29, 1.82) is 0 Å². The molecule has 2 aromatic rings. The molecule has 1 aliphatic rings. The van der Waals surface area contributed by atoms with Gasteiger partial charge in [-0.05, 0) is 47.7 Å². The lowest BCUT2D eigenvalue weighted by molar-refractivity contribution is 0.255. The molecule has 0 amide bonds. The summed E-state index contributed by atoms with van der Waals surface area (Å²) < 4.78 is 13.7. The number of fused-ring (bicyclic) bond motifs is 1. The van der Waals surface area contributed by atoms with E-state index in [9.17, 15) is 4.39 Å². The van der Waals surface area contributed by atoms with E-state index < -0.39 is 0 Å². The van der Waals surface area contributed by atoms with Gasteiger partial charge in [-0.2, -0.15) is 0 Å². The molecule has 0 saturated heterocycles. The zero-order chi connectivity index (χ0) is 13.9. The van der Waals surface area contributed by atoms with Gasteiger partial charge < -0.3 is 0 Å². The largest absolute Gasteiger partial charge is 0.298 e. The lowest BCUT2D eigenvalue weighted by atomic mass is 9.99. The molecule has 3 heteroatoms. The first-order valence-corrected chi connectivity index (χ1v) is 7.33. The Kier molecular flexibility index (Phi) is 4.04. The Hall–Kier alpha value is -1.38. The van der Waals surface area contributed by atoms with Crippen LogP contribution in [0.15, 0.2) is 42.5 Å². The fourth-order valence-electron chi connectivity index (χ4n) is 2.75. The summed E-state index contributed by atoms with van der Waals surface area (Å²) in [6.07, 6.45) is 1.81. The fourth-order valence-corrected chi connectivity index (χ4v) is 2.88. The Morgan fingerprint density at radius 2 is 1.90 bits per heavy atom. The van der Waals surface area contributed by atoms with Crippen molar-refractivity contribution in [2.24, 2.45) is 0 Å². The molecule has 2 aromatic carbocycles. The zero-order valence-corrected chi connectivity index (χ0v) is 12.0. The van der Waals surface area contributed by atoms with Gasteiger partial charge >= 0.3 is 0 Å². The average molecular weight is 290 g/mol. The minimum atomic E-state index is -0.0557. The summed E-state index contributed by atoms with van der Waals surface area (Å²) in [6, 6.07) is 13.4. The van der Waals surface area contributed by atoms with E-state index in [4.69, 9.17) is 11.6 Å². The molecule has 0 aliphatic carbocycles. The molecule has 20 heavy (non-hydrogen) atoms. The molecule has 1 aliphatic heterocycles.